The van der Waals surface area contributed by atoms with Gasteiger partial charge in [-0.15, -0.1) is 5.92 Å². The molecule has 0 rings (SSSR count). The molecule has 0 atom stereocenters. The van der Waals surface area contributed by atoms with E-state index in [0.717, 1.165) is 5.57 Å². The Morgan fingerprint density at radius 1 is 1.57 bits per heavy atom. The Kier molecular flexibility index (Phi) is 3.14. The van der Waals surface area contributed by atoms with E-state index in [9.17, 15) is 0 Å². The third-order valence-electron chi connectivity index (χ3n) is 0.755. The van der Waals surface area contributed by atoms with E-state index in [1.54, 1.807) is 0 Å². The number of hydrogen-bond acceptors (Lipinski definition) is 0. The number of hydrogen-bond donors (Lipinski definition) is 0. The van der Waals surface area contributed by atoms with E-state index in [4.69, 9.17) is 0 Å². The van der Waals surface area contributed by atoms with Crippen LogP contribution in [0.15, 0.2) is 11.6 Å². The summed E-state index contributed by atoms with van der Waals surface area (Å²) >= 11 is 0. The van der Waals surface area contributed by atoms with Gasteiger partial charge in [-0.3, -0.25) is 0 Å². The zero-order valence-electron chi connectivity index (χ0n) is 5.08. The van der Waals surface area contributed by atoms with Crippen molar-refractivity contribution in [2.24, 2.45) is 0 Å². The lowest BCUT2D eigenvalue weighted by molar-refractivity contribution is 1.52. The second kappa shape index (κ2) is 3.49. The summed E-state index contributed by atoms with van der Waals surface area (Å²) in [5.74, 6) is 5.71. The van der Waals surface area contributed by atoms with Crippen LogP contribution < -0.4 is 0 Å². The average molecular weight is 94.2 g/mol. The van der Waals surface area contributed by atoms with Crippen molar-refractivity contribution in [3.63, 3.8) is 0 Å². The van der Waals surface area contributed by atoms with Gasteiger partial charge >= 0.3 is 0 Å². The molecule has 0 aromatic rings. The molecule has 38 valence electrons. The molecule has 0 saturated heterocycles. The van der Waals surface area contributed by atoms with Crippen LogP contribution in [0.1, 0.15) is 20.8 Å². The lowest BCUT2D eigenvalue weighted by atomic mass is 10.3. The highest BCUT2D eigenvalue weighted by atomic mass is 13.7. The zero-order chi connectivity index (χ0) is 5.70. The van der Waals surface area contributed by atoms with Crippen molar-refractivity contribution in [2.75, 3.05) is 0 Å². The monoisotopic (exact) mass is 94.1 g/mol. The number of allylic oxidation sites excluding steroid dienone is 2. The van der Waals surface area contributed by atoms with Gasteiger partial charge in [0.05, 0.1) is 0 Å². The Morgan fingerprint density at radius 3 is 2.29 bits per heavy atom. The normalized spacial score (nSPS) is 9.86. The van der Waals surface area contributed by atoms with E-state index in [-0.39, 0.29) is 0 Å². The minimum absolute atomic E-state index is 1.14. The van der Waals surface area contributed by atoms with E-state index < -0.39 is 0 Å². The van der Waals surface area contributed by atoms with Crippen molar-refractivity contribution in [1.82, 2.24) is 0 Å². The zero-order valence-corrected chi connectivity index (χ0v) is 5.08. The van der Waals surface area contributed by atoms with Crippen molar-refractivity contribution < 1.29 is 0 Å². The van der Waals surface area contributed by atoms with Crippen molar-refractivity contribution in [3.8, 4) is 11.8 Å². The van der Waals surface area contributed by atoms with Gasteiger partial charge in [-0.05, 0) is 26.3 Å². The lowest BCUT2D eigenvalue weighted by Gasteiger charge is -1.76. The minimum Gasteiger partial charge on any atom is -0.102 e. The van der Waals surface area contributed by atoms with Crippen LogP contribution in [0.3, 0.4) is 0 Å². The molecular formula is C7H10. The van der Waals surface area contributed by atoms with Gasteiger partial charge in [-0.1, -0.05) is 12.0 Å². The maximum absolute atomic E-state index is 2.91. The van der Waals surface area contributed by atoms with E-state index in [2.05, 4.69) is 11.8 Å². The highest BCUT2D eigenvalue weighted by molar-refractivity contribution is 5.24. The molecule has 0 heteroatoms. The summed E-state index contributed by atoms with van der Waals surface area (Å²) < 4.78 is 0. The van der Waals surface area contributed by atoms with E-state index in [0.29, 0.717) is 0 Å². The largest absolute Gasteiger partial charge is 0.102 e. The topological polar surface area (TPSA) is 0 Å². The van der Waals surface area contributed by atoms with Gasteiger partial charge in [-0.25, -0.2) is 0 Å². The van der Waals surface area contributed by atoms with Crippen molar-refractivity contribution in [2.45, 2.75) is 20.8 Å². The van der Waals surface area contributed by atoms with Crippen molar-refractivity contribution in [1.29, 1.82) is 0 Å². The Morgan fingerprint density at radius 2 is 2.14 bits per heavy atom. The summed E-state index contributed by atoms with van der Waals surface area (Å²) in [4.78, 5) is 0. The molecule has 0 radical (unpaired) electrons. The van der Waals surface area contributed by atoms with Gasteiger partial charge < -0.3 is 0 Å². The fourth-order valence-electron chi connectivity index (χ4n) is 0.269. The summed E-state index contributed by atoms with van der Waals surface area (Å²) in [7, 11) is 0. The third kappa shape index (κ3) is 3.12. The second-order valence-electron chi connectivity index (χ2n) is 1.35. The van der Waals surface area contributed by atoms with Crippen LogP contribution >= 0.6 is 0 Å². The molecule has 0 aromatic heterocycles. The van der Waals surface area contributed by atoms with Gasteiger partial charge in [0.2, 0.25) is 0 Å². The fourth-order valence-corrected chi connectivity index (χ4v) is 0.269. The van der Waals surface area contributed by atoms with Crippen molar-refractivity contribution >= 4 is 0 Å². The maximum Gasteiger partial charge on any atom is -0.00234 e. The first-order valence-corrected chi connectivity index (χ1v) is 2.37. The molecule has 7 heavy (non-hydrogen) atoms. The van der Waals surface area contributed by atoms with E-state index in [1.165, 1.54) is 0 Å². The molecular weight excluding hydrogens is 84.1 g/mol. The molecule has 0 spiro atoms. The molecule has 0 amide bonds. The predicted molar refractivity (Wildman–Crippen MR) is 32.9 cm³/mol. The molecule has 0 nitrogen and oxygen atoms in total. The van der Waals surface area contributed by atoms with Crippen LogP contribution in [0.5, 0.6) is 0 Å². The second-order valence-corrected chi connectivity index (χ2v) is 1.35. The SMILES string of the molecule is CC#C/C(C)=C\C. The smallest absolute Gasteiger partial charge is 0.00234 e. The van der Waals surface area contributed by atoms with Gasteiger partial charge in [-0.2, -0.15) is 0 Å². The van der Waals surface area contributed by atoms with Crippen LogP contribution in [0.2, 0.25) is 0 Å². The summed E-state index contributed by atoms with van der Waals surface area (Å²) in [6.45, 7) is 5.82. The van der Waals surface area contributed by atoms with Crippen LogP contribution in [-0.2, 0) is 0 Å². The summed E-state index contributed by atoms with van der Waals surface area (Å²) in [5.41, 5.74) is 1.14. The maximum atomic E-state index is 2.91. The first-order chi connectivity index (χ1) is 3.31. The predicted octanol–water partition coefficient (Wildman–Crippen LogP) is 1.98. The molecule has 0 unspecified atom stereocenters. The van der Waals surface area contributed by atoms with Crippen LogP contribution in [-0.4, -0.2) is 0 Å². The summed E-state index contributed by atoms with van der Waals surface area (Å²) in [6, 6.07) is 0. The van der Waals surface area contributed by atoms with Crippen LogP contribution in [0, 0.1) is 11.8 Å². The minimum atomic E-state index is 1.14. The van der Waals surface area contributed by atoms with Gasteiger partial charge in [0, 0.05) is 0 Å². The molecule has 0 heterocycles. The highest BCUT2D eigenvalue weighted by Crippen LogP contribution is 1.84. The van der Waals surface area contributed by atoms with Gasteiger partial charge in [0.1, 0.15) is 0 Å². The lowest BCUT2D eigenvalue weighted by Crippen LogP contribution is -1.61. The third-order valence-corrected chi connectivity index (χ3v) is 0.755. The molecule has 0 N–H and O–H groups in total. The molecule has 0 aliphatic heterocycles. The standard InChI is InChI=1S/C7H10/c1-4-6-7(3)5-2/h5H,1-3H3/b7-5-. The summed E-state index contributed by atoms with van der Waals surface area (Å²) in [6.07, 6.45) is 2.00. The average Bonchev–Trinajstić information content (AvgIpc) is 1.68. The van der Waals surface area contributed by atoms with Gasteiger partial charge in [0.25, 0.3) is 0 Å². The van der Waals surface area contributed by atoms with Crippen LogP contribution in [0.4, 0.5) is 0 Å². The number of rotatable bonds is 0. The Bertz CT molecular complexity index is 119. The molecule has 0 aliphatic carbocycles. The molecule has 0 fully saturated rings. The first kappa shape index (κ1) is 6.30. The molecule has 0 aliphatic rings. The quantitative estimate of drug-likeness (QED) is 0.402. The molecule has 0 bridgehead atoms. The Labute approximate surface area is 45.2 Å². The van der Waals surface area contributed by atoms with Crippen molar-refractivity contribution in [3.05, 3.63) is 11.6 Å². The highest BCUT2D eigenvalue weighted by Gasteiger charge is 1.68. The van der Waals surface area contributed by atoms with Crippen LogP contribution in [0.25, 0.3) is 0 Å². The molecule has 0 saturated carbocycles. The Balaban J connectivity index is 3.75. The molecule has 0 aromatic carbocycles. The summed E-state index contributed by atoms with van der Waals surface area (Å²) in [5, 5.41) is 0. The Hall–Kier alpha value is -0.700. The van der Waals surface area contributed by atoms with E-state index >= 15 is 0 Å². The van der Waals surface area contributed by atoms with Gasteiger partial charge in [0.15, 0.2) is 0 Å². The first-order valence-electron chi connectivity index (χ1n) is 2.37. The fraction of sp³-hybridized carbons (Fsp3) is 0.429. The van der Waals surface area contributed by atoms with E-state index in [1.807, 2.05) is 26.8 Å².